The lowest BCUT2D eigenvalue weighted by atomic mass is 10.2. The fourth-order valence-corrected chi connectivity index (χ4v) is 1.59. The Bertz CT molecular complexity index is 401. The molecule has 0 aromatic carbocycles. The Hall–Kier alpha value is -1.62. The van der Waals surface area contributed by atoms with Crippen molar-refractivity contribution in [2.75, 3.05) is 32.5 Å². The Labute approximate surface area is 107 Å². The number of carbonyl (C=O) groups excluding carboxylic acids is 1. The minimum absolute atomic E-state index is 0.0579. The minimum Gasteiger partial charge on any atom is -0.384 e. The molecule has 0 bridgehead atoms. The number of rotatable bonds is 6. The topological polar surface area (TPSA) is 68.5 Å². The molecular formula is C13H19N3O2. The Morgan fingerprint density at radius 3 is 2.94 bits per heavy atom. The molecule has 5 heteroatoms. The van der Waals surface area contributed by atoms with Gasteiger partial charge in [-0.05, 0) is 30.9 Å². The van der Waals surface area contributed by atoms with Crippen molar-refractivity contribution in [1.29, 1.82) is 0 Å². The molecule has 1 saturated carbocycles. The number of carbonyl (C=O) groups is 1. The zero-order valence-electron chi connectivity index (χ0n) is 10.6. The molecule has 0 saturated heterocycles. The summed E-state index contributed by atoms with van der Waals surface area (Å²) in [5.41, 5.74) is 6.03. The van der Waals surface area contributed by atoms with Gasteiger partial charge in [-0.25, -0.2) is 4.98 Å². The predicted octanol–water partition coefficient (Wildman–Crippen LogP) is 1.16. The monoisotopic (exact) mass is 249 g/mol. The number of likely N-dealkylation sites (N-methyl/N-ethyl adjacent to an activating group) is 1. The van der Waals surface area contributed by atoms with Crippen LogP contribution in [-0.4, -0.2) is 42.6 Å². The number of nitrogens with zero attached hydrogens (tertiary/aromatic N) is 2. The molecule has 2 N–H and O–H groups in total. The van der Waals surface area contributed by atoms with Gasteiger partial charge in [0, 0.05) is 26.4 Å². The summed E-state index contributed by atoms with van der Waals surface area (Å²) in [7, 11) is 1.76. The van der Waals surface area contributed by atoms with Gasteiger partial charge in [-0.1, -0.05) is 0 Å². The van der Waals surface area contributed by atoms with Gasteiger partial charge >= 0.3 is 0 Å². The van der Waals surface area contributed by atoms with Gasteiger partial charge in [0.1, 0.15) is 5.82 Å². The fraction of sp³-hybridized carbons (Fsp3) is 0.538. The molecule has 1 aliphatic carbocycles. The Morgan fingerprint density at radius 1 is 1.56 bits per heavy atom. The van der Waals surface area contributed by atoms with Crippen molar-refractivity contribution in [3.63, 3.8) is 0 Å². The van der Waals surface area contributed by atoms with Crippen molar-refractivity contribution in [2.24, 2.45) is 5.92 Å². The normalized spacial score (nSPS) is 14.5. The van der Waals surface area contributed by atoms with E-state index in [0.29, 0.717) is 24.5 Å². The number of nitrogens with two attached hydrogens (primary N) is 1. The first-order valence-corrected chi connectivity index (χ1v) is 6.21. The summed E-state index contributed by atoms with van der Waals surface area (Å²) in [6.45, 7) is 2.00. The second-order valence-electron chi connectivity index (χ2n) is 4.72. The number of ether oxygens (including phenoxy) is 1. The highest BCUT2D eigenvalue weighted by atomic mass is 16.5. The van der Waals surface area contributed by atoms with Gasteiger partial charge in [0.15, 0.2) is 0 Å². The van der Waals surface area contributed by atoms with Crippen molar-refractivity contribution in [2.45, 2.75) is 12.8 Å². The van der Waals surface area contributed by atoms with Gasteiger partial charge in [-0.3, -0.25) is 4.79 Å². The largest absolute Gasteiger partial charge is 0.384 e. The third-order valence-electron chi connectivity index (χ3n) is 3.00. The van der Waals surface area contributed by atoms with Crippen LogP contribution in [0.3, 0.4) is 0 Å². The van der Waals surface area contributed by atoms with E-state index in [1.165, 1.54) is 19.0 Å². The molecule has 1 heterocycles. The summed E-state index contributed by atoms with van der Waals surface area (Å²) in [4.78, 5) is 17.5. The molecule has 98 valence electrons. The molecule has 2 rings (SSSR count). The van der Waals surface area contributed by atoms with Crippen molar-refractivity contribution >= 4 is 11.7 Å². The average Bonchev–Trinajstić information content (AvgIpc) is 3.18. The zero-order valence-corrected chi connectivity index (χ0v) is 10.6. The molecular weight excluding hydrogens is 230 g/mol. The molecule has 0 aliphatic heterocycles. The summed E-state index contributed by atoms with van der Waals surface area (Å²) in [6.07, 6.45) is 4.07. The highest BCUT2D eigenvalue weighted by molar-refractivity contribution is 5.93. The van der Waals surface area contributed by atoms with Gasteiger partial charge in [-0.2, -0.15) is 0 Å². The quantitative estimate of drug-likeness (QED) is 0.768. The van der Waals surface area contributed by atoms with Crippen molar-refractivity contribution in [1.82, 2.24) is 9.88 Å². The number of aromatic nitrogens is 1. The van der Waals surface area contributed by atoms with Crippen LogP contribution in [0.5, 0.6) is 0 Å². The molecule has 0 unspecified atom stereocenters. The van der Waals surface area contributed by atoms with E-state index in [-0.39, 0.29) is 5.91 Å². The van der Waals surface area contributed by atoms with Gasteiger partial charge in [0.2, 0.25) is 0 Å². The molecule has 1 aliphatic rings. The van der Waals surface area contributed by atoms with Crippen LogP contribution in [-0.2, 0) is 4.74 Å². The van der Waals surface area contributed by atoms with E-state index in [2.05, 4.69) is 4.98 Å². The summed E-state index contributed by atoms with van der Waals surface area (Å²) in [6, 6.07) is 3.32. The maximum Gasteiger partial charge on any atom is 0.255 e. The van der Waals surface area contributed by atoms with Crippen molar-refractivity contribution in [3.8, 4) is 0 Å². The third kappa shape index (κ3) is 3.70. The molecule has 0 atom stereocenters. The molecule has 0 radical (unpaired) electrons. The lowest BCUT2D eigenvalue weighted by Crippen LogP contribution is -2.30. The van der Waals surface area contributed by atoms with Crippen LogP contribution in [0.15, 0.2) is 18.3 Å². The van der Waals surface area contributed by atoms with E-state index in [9.17, 15) is 4.79 Å². The molecule has 1 fully saturated rings. The fourth-order valence-electron chi connectivity index (χ4n) is 1.59. The smallest absolute Gasteiger partial charge is 0.255 e. The summed E-state index contributed by atoms with van der Waals surface area (Å²) < 4.78 is 5.50. The van der Waals surface area contributed by atoms with Gasteiger partial charge in [-0.15, -0.1) is 0 Å². The van der Waals surface area contributed by atoms with Crippen LogP contribution >= 0.6 is 0 Å². The van der Waals surface area contributed by atoms with E-state index >= 15 is 0 Å². The number of pyridine rings is 1. The van der Waals surface area contributed by atoms with Crippen LogP contribution in [0.4, 0.5) is 5.82 Å². The zero-order chi connectivity index (χ0) is 13.0. The summed E-state index contributed by atoms with van der Waals surface area (Å²) in [5, 5.41) is 0. The van der Waals surface area contributed by atoms with Gasteiger partial charge in [0.05, 0.1) is 12.2 Å². The number of hydrogen-bond acceptors (Lipinski definition) is 4. The predicted molar refractivity (Wildman–Crippen MR) is 69.2 cm³/mol. The number of hydrogen-bond donors (Lipinski definition) is 1. The van der Waals surface area contributed by atoms with Gasteiger partial charge < -0.3 is 15.4 Å². The Balaban J connectivity index is 1.74. The average molecular weight is 249 g/mol. The highest BCUT2D eigenvalue weighted by Gasteiger charge is 2.21. The number of amides is 1. The van der Waals surface area contributed by atoms with E-state index < -0.39 is 0 Å². The van der Waals surface area contributed by atoms with Crippen LogP contribution in [0.2, 0.25) is 0 Å². The molecule has 18 heavy (non-hydrogen) atoms. The Kier molecular flexibility index (Phi) is 4.15. The second-order valence-corrected chi connectivity index (χ2v) is 4.72. The molecule has 1 amide bonds. The lowest BCUT2D eigenvalue weighted by Gasteiger charge is -2.17. The third-order valence-corrected chi connectivity index (χ3v) is 3.00. The van der Waals surface area contributed by atoms with Crippen molar-refractivity contribution in [3.05, 3.63) is 23.9 Å². The van der Waals surface area contributed by atoms with Crippen LogP contribution < -0.4 is 5.73 Å². The number of anilines is 1. The van der Waals surface area contributed by atoms with E-state index in [1.807, 2.05) is 0 Å². The first-order valence-electron chi connectivity index (χ1n) is 6.21. The maximum absolute atomic E-state index is 12.0. The SMILES string of the molecule is CN(CCOCC1CC1)C(=O)c1ccc(N)nc1. The Morgan fingerprint density at radius 2 is 2.33 bits per heavy atom. The molecule has 5 nitrogen and oxygen atoms in total. The standard InChI is InChI=1S/C13H19N3O2/c1-16(6-7-18-9-10-2-3-10)13(17)11-4-5-12(14)15-8-11/h4-5,8,10H,2-3,6-7,9H2,1H3,(H2,14,15). The molecule has 1 aromatic heterocycles. The minimum atomic E-state index is -0.0579. The van der Waals surface area contributed by atoms with Crippen LogP contribution in [0.1, 0.15) is 23.2 Å². The first-order chi connectivity index (χ1) is 8.66. The first kappa shape index (κ1) is 12.8. The molecule has 0 spiro atoms. The maximum atomic E-state index is 12.0. The van der Waals surface area contributed by atoms with E-state index in [1.54, 1.807) is 24.1 Å². The second kappa shape index (κ2) is 5.82. The number of nitrogen functional groups attached to an aromatic ring is 1. The summed E-state index contributed by atoms with van der Waals surface area (Å²) >= 11 is 0. The molecule has 1 aromatic rings. The van der Waals surface area contributed by atoms with Crippen LogP contribution in [0.25, 0.3) is 0 Å². The summed E-state index contributed by atoms with van der Waals surface area (Å²) in [5.74, 6) is 1.12. The van der Waals surface area contributed by atoms with E-state index in [4.69, 9.17) is 10.5 Å². The van der Waals surface area contributed by atoms with E-state index in [0.717, 1.165) is 12.5 Å². The lowest BCUT2D eigenvalue weighted by molar-refractivity contribution is 0.0681. The van der Waals surface area contributed by atoms with Crippen LogP contribution in [0, 0.1) is 5.92 Å². The highest BCUT2D eigenvalue weighted by Crippen LogP contribution is 2.28. The van der Waals surface area contributed by atoms with Gasteiger partial charge in [0.25, 0.3) is 5.91 Å². The van der Waals surface area contributed by atoms with Crippen molar-refractivity contribution < 1.29 is 9.53 Å².